The number of carboxylic acids is 1. The Hall–Kier alpha value is -3.86. The predicted molar refractivity (Wildman–Crippen MR) is 195 cm³/mol. The first-order valence-corrected chi connectivity index (χ1v) is 18.7. The number of fused-ring (bicyclic) bond motifs is 1. The lowest BCUT2D eigenvalue weighted by Crippen LogP contribution is -2.72. The molecule has 2 atom stereocenters. The summed E-state index contributed by atoms with van der Waals surface area (Å²) in [7, 11) is 1.33. The van der Waals surface area contributed by atoms with Crippen LogP contribution in [0.5, 0.6) is 0 Å². The smallest absolute Gasteiger partial charge is 0.354 e. The highest BCUT2D eigenvalue weighted by Gasteiger charge is 2.54. The van der Waals surface area contributed by atoms with E-state index in [0.29, 0.717) is 18.9 Å². The number of hydrogen-bond acceptors (Lipinski definition) is 10. The minimum absolute atomic E-state index is 0.0388. The number of hydrogen-bond donors (Lipinski definition) is 3. The van der Waals surface area contributed by atoms with Crippen molar-refractivity contribution in [1.29, 1.82) is 0 Å². The molecule has 2 amide bonds. The van der Waals surface area contributed by atoms with Crippen molar-refractivity contribution in [3.05, 3.63) is 129 Å². The first-order chi connectivity index (χ1) is 22.9. The van der Waals surface area contributed by atoms with Crippen LogP contribution in [-0.2, 0) is 24.8 Å². The summed E-state index contributed by atoms with van der Waals surface area (Å²) in [6, 6.07) is 28.8. The van der Waals surface area contributed by atoms with E-state index in [4.69, 9.17) is 9.82 Å². The Balaban J connectivity index is 1.29. The normalized spacial score (nSPS) is 17.9. The van der Waals surface area contributed by atoms with Gasteiger partial charge in [0.05, 0.1) is 14.0 Å². The van der Waals surface area contributed by atoms with Crippen molar-refractivity contribution in [2.24, 2.45) is 5.16 Å². The van der Waals surface area contributed by atoms with E-state index in [1.807, 2.05) is 54.6 Å². The SMILES string of the molecule is CON=C(C(=O)NC1C(=O)N2C(C(=O)O)=C(SCI)SCC12)c1csc(NC(c2ccccc2)(c2ccccc2)c2ccccc2)n1. The Morgan fingerprint density at radius 1 is 1.04 bits per heavy atom. The summed E-state index contributed by atoms with van der Waals surface area (Å²) in [5, 5.41) is 22.5. The molecule has 3 aromatic carbocycles. The molecule has 6 rings (SSSR count). The van der Waals surface area contributed by atoms with Gasteiger partial charge in [-0.05, 0) is 16.7 Å². The van der Waals surface area contributed by atoms with Crippen LogP contribution in [0.3, 0.4) is 0 Å². The van der Waals surface area contributed by atoms with Gasteiger partial charge in [-0.15, -0.1) is 34.9 Å². The van der Waals surface area contributed by atoms with E-state index in [0.717, 1.165) is 16.7 Å². The van der Waals surface area contributed by atoms with Crippen molar-refractivity contribution >= 4 is 86.1 Å². The number of oxime groups is 1. The largest absolute Gasteiger partial charge is 0.477 e. The molecule has 2 aliphatic heterocycles. The van der Waals surface area contributed by atoms with E-state index in [-0.39, 0.29) is 17.1 Å². The monoisotopic (exact) mass is 797 g/mol. The first-order valence-electron chi connectivity index (χ1n) is 14.3. The maximum absolute atomic E-state index is 13.6. The highest BCUT2D eigenvalue weighted by molar-refractivity contribution is 14.1. The number of β-lactam (4-membered cyclic amide) rings is 1. The fraction of sp³-hybridized carbons (Fsp3) is 0.182. The third-order valence-electron chi connectivity index (χ3n) is 7.77. The molecule has 1 fully saturated rings. The van der Waals surface area contributed by atoms with E-state index < -0.39 is 35.4 Å². The van der Waals surface area contributed by atoms with Crippen LogP contribution in [0.4, 0.5) is 5.13 Å². The Morgan fingerprint density at radius 2 is 1.62 bits per heavy atom. The number of nitrogens with one attached hydrogen (secondary N) is 2. The quantitative estimate of drug-likeness (QED) is 0.0412. The number of benzene rings is 3. The van der Waals surface area contributed by atoms with Crippen LogP contribution >= 0.6 is 57.5 Å². The molecule has 0 aliphatic carbocycles. The van der Waals surface area contributed by atoms with Gasteiger partial charge in [-0.1, -0.05) is 119 Å². The van der Waals surface area contributed by atoms with Crippen LogP contribution in [0.1, 0.15) is 22.4 Å². The summed E-state index contributed by atoms with van der Waals surface area (Å²) < 4.78 is 1.23. The van der Waals surface area contributed by atoms with Crippen molar-refractivity contribution in [2.75, 3.05) is 21.9 Å². The van der Waals surface area contributed by atoms with Gasteiger partial charge in [0.25, 0.3) is 11.8 Å². The number of thioether (sulfide) groups is 2. The van der Waals surface area contributed by atoms with E-state index >= 15 is 0 Å². The molecular weight excluding hydrogens is 769 g/mol. The number of carbonyl (C=O) groups excluding carboxylic acids is 2. The third-order valence-corrected chi connectivity index (χ3v) is 11.7. The molecule has 1 saturated heterocycles. The molecule has 0 bridgehead atoms. The Morgan fingerprint density at radius 3 is 2.13 bits per heavy atom. The van der Waals surface area contributed by atoms with Crippen LogP contribution < -0.4 is 10.6 Å². The van der Waals surface area contributed by atoms with Crippen LogP contribution in [0.25, 0.3) is 0 Å². The van der Waals surface area contributed by atoms with Crippen LogP contribution in [0.15, 0.2) is 111 Å². The maximum Gasteiger partial charge on any atom is 0.354 e. The van der Waals surface area contributed by atoms with Crippen LogP contribution in [-0.4, -0.2) is 67.2 Å². The highest BCUT2D eigenvalue weighted by atomic mass is 127. The number of alkyl halides is 1. The molecule has 2 unspecified atom stereocenters. The Kier molecular flexibility index (Phi) is 10.2. The number of amides is 2. The number of thiazole rings is 1. The Bertz CT molecular complexity index is 1740. The van der Waals surface area contributed by atoms with Gasteiger partial charge in [0.15, 0.2) is 16.5 Å². The van der Waals surface area contributed by atoms with Gasteiger partial charge in [0.2, 0.25) is 0 Å². The summed E-state index contributed by atoms with van der Waals surface area (Å²) in [4.78, 5) is 49.9. The van der Waals surface area contributed by atoms with Gasteiger partial charge in [-0.25, -0.2) is 9.78 Å². The highest BCUT2D eigenvalue weighted by Crippen LogP contribution is 2.44. The average Bonchev–Trinajstić information content (AvgIpc) is 3.57. The first kappa shape index (κ1) is 33.1. The standard InChI is InChI=1S/C33H28IN5O5S3/c1-44-38-25(28(40)36-26-24-18-45-31(47-19-34)27(30(42)43)39(24)29(26)41)23-17-46-32(35-23)37-33(20-11-5-2-6-12-20,21-13-7-3-8-14-21)22-15-9-4-10-16-22/h2-17,24,26H,18-19H2,1H3,(H,35,37)(H,36,40)(H,42,43). The minimum Gasteiger partial charge on any atom is -0.477 e. The van der Waals surface area contributed by atoms with Crippen LogP contribution in [0.2, 0.25) is 0 Å². The lowest BCUT2D eigenvalue weighted by atomic mass is 9.77. The van der Waals surface area contributed by atoms with Gasteiger partial charge in [0.1, 0.15) is 24.4 Å². The molecule has 14 heteroatoms. The van der Waals surface area contributed by atoms with Crippen molar-refractivity contribution in [3.8, 4) is 0 Å². The third kappa shape index (κ3) is 6.38. The molecule has 1 aromatic heterocycles. The lowest BCUT2D eigenvalue weighted by molar-refractivity contribution is -0.153. The number of carboxylic acid groups (broad SMARTS) is 1. The average molecular weight is 798 g/mol. The molecule has 3 N–H and O–H groups in total. The zero-order chi connectivity index (χ0) is 33.0. The minimum atomic E-state index is -1.17. The molecule has 10 nitrogen and oxygen atoms in total. The molecule has 0 spiro atoms. The number of nitrogens with zero attached hydrogens (tertiary/aromatic N) is 3. The molecule has 0 radical (unpaired) electrons. The van der Waals surface area contributed by atoms with Crippen molar-refractivity contribution in [2.45, 2.75) is 17.6 Å². The zero-order valence-corrected chi connectivity index (χ0v) is 29.4. The summed E-state index contributed by atoms with van der Waals surface area (Å²) in [5.41, 5.74) is 2.26. The molecule has 240 valence electrons. The molecular formula is C33H28IN5O5S3. The molecule has 0 saturated carbocycles. The number of halogens is 1. The number of aliphatic carboxylic acids is 1. The second-order valence-electron chi connectivity index (χ2n) is 10.4. The van der Waals surface area contributed by atoms with Gasteiger partial charge in [0, 0.05) is 11.1 Å². The van der Waals surface area contributed by atoms with Crippen molar-refractivity contribution in [3.63, 3.8) is 0 Å². The van der Waals surface area contributed by atoms with E-state index in [1.165, 1.54) is 46.9 Å². The molecule has 2 aliphatic rings. The zero-order valence-electron chi connectivity index (χ0n) is 24.8. The van der Waals surface area contributed by atoms with E-state index in [1.54, 1.807) is 5.38 Å². The predicted octanol–water partition coefficient (Wildman–Crippen LogP) is 5.72. The van der Waals surface area contributed by atoms with Crippen molar-refractivity contribution in [1.82, 2.24) is 15.2 Å². The van der Waals surface area contributed by atoms with Gasteiger partial charge in [-0.3, -0.25) is 14.5 Å². The summed E-state index contributed by atoms with van der Waals surface area (Å²) in [5.74, 6) is -1.85. The van der Waals surface area contributed by atoms with E-state index in [2.05, 4.69) is 74.8 Å². The fourth-order valence-corrected chi connectivity index (χ4v) is 10.2. The van der Waals surface area contributed by atoms with Gasteiger partial charge in [-0.2, -0.15) is 0 Å². The number of rotatable bonds is 12. The number of aromatic nitrogens is 1. The van der Waals surface area contributed by atoms with Gasteiger partial charge >= 0.3 is 5.97 Å². The maximum atomic E-state index is 13.6. The summed E-state index contributed by atoms with van der Waals surface area (Å²) in [6.45, 7) is 0. The summed E-state index contributed by atoms with van der Waals surface area (Å²) >= 11 is 6.20. The topological polar surface area (TPSA) is 133 Å². The molecule has 3 heterocycles. The summed E-state index contributed by atoms with van der Waals surface area (Å²) in [6.07, 6.45) is 0. The van der Waals surface area contributed by atoms with Gasteiger partial charge < -0.3 is 20.6 Å². The van der Waals surface area contributed by atoms with E-state index in [9.17, 15) is 19.5 Å². The number of anilines is 1. The molecule has 47 heavy (non-hydrogen) atoms. The number of carbonyl (C=O) groups is 3. The molecule has 4 aromatic rings. The second kappa shape index (κ2) is 14.5. The lowest BCUT2D eigenvalue weighted by Gasteiger charge is -2.49. The fourth-order valence-electron chi connectivity index (χ4n) is 5.71. The second-order valence-corrected chi connectivity index (χ2v) is 15.3. The van der Waals surface area contributed by atoms with Crippen LogP contribution in [0, 0.1) is 0 Å². The van der Waals surface area contributed by atoms with Crippen molar-refractivity contribution < 1.29 is 24.3 Å². The Labute approximate surface area is 297 Å².